The third-order valence-corrected chi connectivity index (χ3v) is 2.85. The molecule has 0 saturated carbocycles. The topological polar surface area (TPSA) is 66.8 Å². The molecule has 0 fully saturated rings. The summed E-state index contributed by atoms with van der Waals surface area (Å²) in [5.41, 5.74) is 0.879. The van der Waals surface area contributed by atoms with E-state index in [1.807, 2.05) is 30.3 Å². The lowest BCUT2D eigenvalue weighted by molar-refractivity contribution is -0.127. The summed E-state index contributed by atoms with van der Waals surface area (Å²) in [7, 11) is 0. The molecule has 0 atom stereocenters. The first kappa shape index (κ1) is 16.2. The van der Waals surface area contributed by atoms with Gasteiger partial charge in [0.15, 0.2) is 0 Å². The summed E-state index contributed by atoms with van der Waals surface area (Å²) >= 11 is 0. The van der Waals surface area contributed by atoms with E-state index >= 15 is 0 Å². The van der Waals surface area contributed by atoms with Crippen LogP contribution in [0.5, 0.6) is 0 Å². The van der Waals surface area contributed by atoms with Crippen molar-refractivity contribution in [3.05, 3.63) is 35.9 Å². The van der Waals surface area contributed by atoms with Gasteiger partial charge in [0.2, 0.25) is 5.91 Å². The van der Waals surface area contributed by atoms with Crippen molar-refractivity contribution in [1.29, 1.82) is 0 Å². The van der Waals surface area contributed by atoms with Gasteiger partial charge in [-0.3, -0.25) is 4.79 Å². The van der Waals surface area contributed by atoms with Gasteiger partial charge < -0.3 is 9.84 Å². The molecule has 0 aliphatic heterocycles. The Balaban J connectivity index is 2.41. The van der Waals surface area contributed by atoms with Gasteiger partial charge in [0.05, 0.1) is 0 Å². The second-order valence-electron chi connectivity index (χ2n) is 4.50. The molecule has 0 radical (unpaired) electrons. The molecule has 0 unspecified atom stereocenters. The van der Waals surface area contributed by atoms with Crippen molar-refractivity contribution in [2.75, 3.05) is 13.2 Å². The van der Waals surface area contributed by atoms with E-state index in [0.29, 0.717) is 19.4 Å². The lowest BCUT2D eigenvalue weighted by Crippen LogP contribution is -2.36. The Hall–Kier alpha value is -1.88. The van der Waals surface area contributed by atoms with Gasteiger partial charge in [-0.1, -0.05) is 30.3 Å². The number of ether oxygens (including phenoxy) is 1. The Morgan fingerprint density at radius 1 is 1.15 bits per heavy atom. The summed E-state index contributed by atoms with van der Waals surface area (Å²) < 4.78 is 5.13. The van der Waals surface area contributed by atoms with Crippen LogP contribution in [-0.4, -0.2) is 35.2 Å². The Morgan fingerprint density at radius 3 is 2.45 bits per heavy atom. The third kappa shape index (κ3) is 5.84. The number of hydrogen-bond acceptors (Lipinski definition) is 4. The molecular weight excluding hydrogens is 258 g/mol. The quantitative estimate of drug-likeness (QED) is 0.778. The third-order valence-electron chi connectivity index (χ3n) is 2.85. The number of carbonyl (C=O) groups excluding carboxylic acids is 2. The van der Waals surface area contributed by atoms with E-state index in [0.717, 1.165) is 16.9 Å². The van der Waals surface area contributed by atoms with Crippen LogP contribution in [0.4, 0.5) is 4.79 Å². The minimum atomic E-state index is -0.620. The van der Waals surface area contributed by atoms with Crippen LogP contribution in [0.3, 0.4) is 0 Å². The first-order valence-corrected chi connectivity index (χ1v) is 6.74. The van der Waals surface area contributed by atoms with E-state index in [9.17, 15) is 9.59 Å². The number of rotatable bonds is 7. The highest BCUT2D eigenvalue weighted by atomic mass is 16.6. The first-order chi connectivity index (χ1) is 9.65. The van der Waals surface area contributed by atoms with Crippen molar-refractivity contribution in [1.82, 2.24) is 4.90 Å². The molecule has 0 aromatic heterocycles. The number of imide groups is 1. The lowest BCUT2D eigenvalue weighted by Gasteiger charge is -2.18. The number of aliphatic hydroxyl groups is 1. The highest BCUT2D eigenvalue weighted by molar-refractivity contribution is 5.90. The van der Waals surface area contributed by atoms with Crippen molar-refractivity contribution in [3.8, 4) is 0 Å². The van der Waals surface area contributed by atoms with E-state index in [1.54, 1.807) is 0 Å². The summed E-state index contributed by atoms with van der Waals surface area (Å²) in [6.45, 7) is 1.94. The van der Waals surface area contributed by atoms with E-state index in [4.69, 9.17) is 9.84 Å². The van der Waals surface area contributed by atoms with Crippen LogP contribution in [0, 0.1) is 0 Å². The van der Waals surface area contributed by atoms with Crippen LogP contribution in [-0.2, 0) is 16.1 Å². The number of aliphatic hydroxyl groups excluding tert-OH is 1. The molecule has 1 rings (SSSR count). The zero-order valence-electron chi connectivity index (χ0n) is 11.7. The second-order valence-corrected chi connectivity index (χ2v) is 4.50. The summed E-state index contributed by atoms with van der Waals surface area (Å²) in [5.74, 6) is -0.327. The van der Waals surface area contributed by atoms with Crippen LogP contribution in [0.2, 0.25) is 0 Å². The Morgan fingerprint density at radius 2 is 1.85 bits per heavy atom. The molecule has 5 heteroatoms. The number of benzene rings is 1. The van der Waals surface area contributed by atoms with Gasteiger partial charge in [-0.25, -0.2) is 9.69 Å². The summed E-state index contributed by atoms with van der Waals surface area (Å²) in [6, 6.07) is 9.31. The maximum absolute atomic E-state index is 11.9. The van der Waals surface area contributed by atoms with Crippen LogP contribution < -0.4 is 0 Å². The maximum Gasteiger partial charge on any atom is 0.416 e. The van der Waals surface area contributed by atoms with Crippen LogP contribution in [0.25, 0.3) is 0 Å². The molecule has 0 spiro atoms. The molecule has 2 amide bonds. The highest BCUT2D eigenvalue weighted by Gasteiger charge is 2.18. The smallest absolute Gasteiger partial charge is 0.416 e. The van der Waals surface area contributed by atoms with Crippen molar-refractivity contribution in [2.24, 2.45) is 0 Å². The fourth-order valence-electron chi connectivity index (χ4n) is 1.73. The zero-order valence-corrected chi connectivity index (χ0v) is 11.7. The average molecular weight is 279 g/mol. The number of nitrogens with zero attached hydrogens (tertiary/aromatic N) is 1. The van der Waals surface area contributed by atoms with Crippen molar-refractivity contribution in [2.45, 2.75) is 32.8 Å². The summed E-state index contributed by atoms with van der Waals surface area (Å²) in [6.07, 6.45) is 1.49. The predicted octanol–water partition coefficient (Wildman–Crippen LogP) is 2.33. The number of carbonyl (C=O) groups is 2. The molecule has 0 heterocycles. The summed E-state index contributed by atoms with van der Waals surface area (Å²) in [4.78, 5) is 24.4. The first-order valence-electron chi connectivity index (χ1n) is 6.74. The SMILES string of the molecule is CC(=O)N(CCCCCO)C(=O)OCc1ccccc1. The maximum atomic E-state index is 11.9. The van der Waals surface area contributed by atoms with Gasteiger partial charge in [0.25, 0.3) is 0 Å². The van der Waals surface area contributed by atoms with Gasteiger partial charge in [-0.05, 0) is 24.8 Å². The lowest BCUT2D eigenvalue weighted by atomic mass is 10.2. The zero-order chi connectivity index (χ0) is 14.8. The Bertz CT molecular complexity index is 419. The number of unbranched alkanes of at least 4 members (excludes halogenated alkanes) is 2. The summed E-state index contributed by atoms with van der Waals surface area (Å²) in [5, 5.41) is 8.69. The molecule has 1 N–H and O–H groups in total. The van der Waals surface area contributed by atoms with Crippen molar-refractivity contribution >= 4 is 12.0 Å². The Kier molecular flexibility index (Phi) is 7.35. The second kappa shape index (κ2) is 9.09. The van der Waals surface area contributed by atoms with Crippen molar-refractivity contribution < 1.29 is 19.4 Å². The van der Waals surface area contributed by atoms with E-state index in [2.05, 4.69) is 0 Å². The van der Waals surface area contributed by atoms with E-state index in [-0.39, 0.29) is 19.1 Å². The molecule has 0 aliphatic carbocycles. The van der Waals surface area contributed by atoms with Gasteiger partial charge >= 0.3 is 6.09 Å². The van der Waals surface area contributed by atoms with Gasteiger partial charge in [-0.2, -0.15) is 0 Å². The normalized spacial score (nSPS) is 10.1. The molecule has 110 valence electrons. The monoisotopic (exact) mass is 279 g/mol. The highest BCUT2D eigenvalue weighted by Crippen LogP contribution is 2.05. The predicted molar refractivity (Wildman–Crippen MR) is 75.0 cm³/mol. The molecule has 1 aromatic rings. The van der Waals surface area contributed by atoms with E-state index < -0.39 is 6.09 Å². The molecule has 0 bridgehead atoms. The molecule has 20 heavy (non-hydrogen) atoms. The molecule has 0 aliphatic rings. The molecule has 0 saturated heterocycles. The molecular formula is C15H21NO4. The molecule has 5 nitrogen and oxygen atoms in total. The number of amides is 2. The van der Waals surface area contributed by atoms with Gasteiger partial charge in [0.1, 0.15) is 6.61 Å². The van der Waals surface area contributed by atoms with Crippen LogP contribution in [0.15, 0.2) is 30.3 Å². The van der Waals surface area contributed by atoms with Crippen molar-refractivity contribution in [3.63, 3.8) is 0 Å². The number of hydrogen-bond donors (Lipinski definition) is 1. The van der Waals surface area contributed by atoms with Gasteiger partial charge in [0, 0.05) is 20.1 Å². The fraction of sp³-hybridized carbons (Fsp3) is 0.467. The van der Waals surface area contributed by atoms with Crippen LogP contribution in [0.1, 0.15) is 31.7 Å². The Labute approximate surface area is 119 Å². The minimum Gasteiger partial charge on any atom is -0.444 e. The average Bonchev–Trinajstić information content (AvgIpc) is 2.45. The minimum absolute atomic E-state index is 0.124. The van der Waals surface area contributed by atoms with Crippen LogP contribution >= 0.6 is 0 Å². The van der Waals surface area contributed by atoms with E-state index in [1.165, 1.54) is 6.92 Å². The standard InChI is InChI=1S/C15H21NO4/c1-13(18)16(10-6-3-7-11-17)15(19)20-12-14-8-4-2-5-9-14/h2,4-5,8-9,17H,3,6-7,10-12H2,1H3. The largest absolute Gasteiger partial charge is 0.444 e. The fourth-order valence-corrected chi connectivity index (χ4v) is 1.73. The van der Waals surface area contributed by atoms with Gasteiger partial charge in [-0.15, -0.1) is 0 Å². The molecule has 1 aromatic carbocycles.